The molecule has 2 aromatic rings. The molecule has 0 unspecified atom stereocenters. The van der Waals surface area contributed by atoms with Crippen LogP contribution in [0.25, 0.3) is 0 Å². The van der Waals surface area contributed by atoms with Crippen molar-refractivity contribution in [3.05, 3.63) is 42.6 Å². The monoisotopic (exact) mass is 245 g/mol. The molecule has 0 spiro atoms. The molecular weight excluding hydrogens is 230 g/mol. The largest absolute Gasteiger partial charge is 0.508 e. The number of aromatic nitrogens is 1. The van der Waals surface area contributed by atoms with Gasteiger partial charge in [0, 0.05) is 12.3 Å². The molecule has 1 aromatic heterocycles. The summed E-state index contributed by atoms with van der Waals surface area (Å²) >= 11 is 0. The number of rotatable bonds is 4. The van der Waals surface area contributed by atoms with E-state index in [2.05, 4.69) is 4.98 Å². The van der Waals surface area contributed by atoms with E-state index in [0.29, 0.717) is 17.4 Å². The molecule has 0 radical (unpaired) electrons. The Balaban J connectivity index is 2.23. The van der Waals surface area contributed by atoms with Gasteiger partial charge in [0.1, 0.15) is 11.5 Å². The predicted molar refractivity (Wildman–Crippen MR) is 68.2 cm³/mol. The molecule has 1 heterocycles. The Kier molecular flexibility index (Phi) is 3.67. The minimum Gasteiger partial charge on any atom is -0.508 e. The highest BCUT2D eigenvalue weighted by atomic mass is 16.5. The van der Waals surface area contributed by atoms with E-state index < -0.39 is 0 Å². The summed E-state index contributed by atoms with van der Waals surface area (Å²) in [7, 11) is 0. The third-order valence-corrected chi connectivity index (χ3v) is 2.13. The van der Waals surface area contributed by atoms with Gasteiger partial charge in [-0.25, -0.2) is 4.98 Å². The van der Waals surface area contributed by atoms with Crippen LogP contribution >= 0.6 is 0 Å². The summed E-state index contributed by atoms with van der Waals surface area (Å²) in [5.74, 6) is 1.63. The maximum atomic E-state index is 9.37. The molecule has 18 heavy (non-hydrogen) atoms. The quantitative estimate of drug-likeness (QED) is 0.897. The lowest BCUT2D eigenvalue weighted by Crippen LogP contribution is -2.06. The molecule has 0 saturated carbocycles. The van der Waals surface area contributed by atoms with Gasteiger partial charge in [0.2, 0.25) is 0 Å². The van der Waals surface area contributed by atoms with Gasteiger partial charge < -0.3 is 14.6 Å². The van der Waals surface area contributed by atoms with Crippen molar-refractivity contribution >= 4 is 0 Å². The topological polar surface area (TPSA) is 51.6 Å². The van der Waals surface area contributed by atoms with Crippen LogP contribution in [0.1, 0.15) is 13.8 Å². The number of hydrogen-bond donors (Lipinski definition) is 1. The molecule has 0 aliphatic carbocycles. The minimum absolute atomic E-state index is 0.0423. The van der Waals surface area contributed by atoms with Crippen molar-refractivity contribution in [2.45, 2.75) is 20.0 Å². The van der Waals surface area contributed by atoms with E-state index in [4.69, 9.17) is 9.47 Å². The number of pyridine rings is 1. The Labute approximate surface area is 106 Å². The molecule has 4 nitrogen and oxygen atoms in total. The first-order chi connectivity index (χ1) is 8.65. The van der Waals surface area contributed by atoms with Gasteiger partial charge in [0.25, 0.3) is 5.88 Å². The number of phenols is 1. The van der Waals surface area contributed by atoms with Crippen molar-refractivity contribution < 1.29 is 14.6 Å². The molecule has 1 N–H and O–H groups in total. The molecule has 2 rings (SSSR count). The van der Waals surface area contributed by atoms with Gasteiger partial charge >= 0.3 is 0 Å². The Morgan fingerprint density at radius 2 is 2.00 bits per heavy atom. The third-order valence-electron chi connectivity index (χ3n) is 2.13. The molecule has 0 atom stereocenters. The fraction of sp³-hybridized carbons (Fsp3) is 0.214. The van der Waals surface area contributed by atoms with E-state index in [1.165, 1.54) is 6.07 Å². The lowest BCUT2D eigenvalue weighted by molar-refractivity contribution is 0.231. The molecule has 0 aliphatic heterocycles. The van der Waals surface area contributed by atoms with Crippen LogP contribution in [-0.4, -0.2) is 16.2 Å². The van der Waals surface area contributed by atoms with Crippen LogP contribution in [0.5, 0.6) is 23.1 Å². The maximum Gasteiger partial charge on any atom is 0.262 e. The number of aromatic hydroxyl groups is 1. The van der Waals surface area contributed by atoms with Crippen LogP contribution in [0.4, 0.5) is 0 Å². The zero-order valence-corrected chi connectivity index (χ0v) is 10.3. The maximum absolute atomic E-state index is 9.37. The predicted octanol–water partition coefficient (Wildman–Crippen LogP) is 3.37. The lowest BCUT2D eigenvalue weighted by atomic mass is 10.3. The average Bonchev–Trinajstić information content (AvgIpc) is 2.31. The zero-order chi connectivity index (χ0) is 13.0. The average molecular weight is 245 g/mol. The molecule has 0 bridgehead atoms. The van der Waals surface area contributed by atoms with Gasteiger partial charge in [0.05, 0.1) is 6.10 Å². The second-order valence-electron chi connectivity index (χ2n) is 4.07. The summed E-state index contributed by atoms with van der Waals surface area (Å²) in [6.07, 6.45) is 1.67. The first-order valence-corrected chi connectivity index (χ1v) is 5.73. The van der Waals surface area contributed by atoms with E-state index in [-0.39, 0.29) is 11.9 Å². The van der Waals surface area contributed by atoms with Crippen LogP contribution in [0.2, 0.25) is 0 Å². The van der Waals surface area contributed by atoms with Crippen LogP contribution in [-0.2, 0) is 0 Å². The van der Waals surface area contributed by atoms with Gasteiger partial charge in [0.15, 0.2) is 5.75 Å². The van der Waals surface area contributed by atoms with E-state index in [1.54, 1.807) is 36.5 Å². The number of ether oxygens (including phenoxy) is 2. The van der Waals surface area contributed by atoms with Gasteiger partial charge in [-0.05, 0) is 38.1 Å². The number of nitrogens with zero attached hydrogens (tertiary/aromatic N) is 1. The highest BCUT2D eigenvalue weighted by molar-refractivity contribution is 5.39. The zero-order valence-electron chi connectivity index (χ0n) is 10.3. The molecule has 0 fully saturated rings. The molecule has 0 amide bonds. The Morgan fingerprint density at radius 1 is 1.17 bits per heavy atom. The van der Waals surface area contributed by atoms with Crippen molar-refractivity contribution in [1.82, 2.24) is 4.98 Å². The Hall–Kier alpha value is -2.23. The van der Waals surface area contributed by atoms with Crippen LogP contribution in [0, 0.1) is 0 Å². The fourth-order valence-electron chi connectivity index (χ4n) is 1.45. The summed E-state index contributed by atoms with van der Waals surface area (Å²) in [6.45, 7) is 3.87. The summed E-state index contributed by atoms with van der Waals surface area (Å²) in [4.78, 5) is 4.13. The highest BCUT2D eigenvalue weighted by Gasteiger charge is 2.09. The number of benzene rings is 1. The van der Waals surface area contributed by atoms with Crippen molar-refractivity contribution in [2.24, 2.45) is 0 Å². The second-order valence-corrected chi connectivity index (χ2v) is 4.07. The molecule has 1 aromatic carbocycles. The van der Waals surface area contributed by atoms with E-state index in [1.807, 2.05) is 13.8 Å². The van der Waals surface area contributed by atoms with Gasteiger partial charge in [-0.2, -0.15) is 0 Å². The minimum atomic E-state index is 0.0423. The van der Waals surface area contributed by atoms with Crippen molar-refractivity contribution in [2.75, 3.05) is 0 Å². The molecule has 4 heteroatoms. The van der Waals surface area contributed by atoms with Crippen LogP contribution < -0.4 is 9.47 Å². The van der Waals surface area contributed by atoms with Crippen molar-refractivity contribution in [3.8, 4) is 23.1 Å². The van der Waals surface area contributed by atoms with E-state index in [0.717, 1.165) is 0 Å². The van der Waals surface area contributed by atoms with Gasteiger partial charge in [-0.3, -0.25) is 0 Å². The fourth-order valence-corrected chi connectivity index (χ4v) is 1.45. The summed E-state index contributed by atoms with van der Waals surface area (Å²) < 4.78 is 11.2. The Bertz CT molecular complexity index is 526. The van der Waals surface area contributed by atoms with Crippen molar-refractivity contribution in [1.29, 1.82) is 0 Å². The van der Waals surface area contributed by atoms with E-state index in [9.17, 15) is 5.11 Å². The molecular formula is C14H15NO3. The normalized spacial score (nSPS) is 10.4. The molecule has 0 saturated heterocycles. The standard InChI is InChI=1S/C14H15NO3/c1-10(2)17-13-7-4-8-15-14(13)18-12-6-3-5-11(16)9-12/h3-10,16H,1-2H3. The summed E-state index contributed by atoms with van der Waals surface area (Å²) in [5, 5.41) is 9.37. The first kappa shape index (κ1) is 12.2. The number of hydrogen-bond acceptors (Lipinski definition) is 4. The first-order valence-electron chi connectivity index (χ1n) is 5.73. The highest BCUT2D eigenvalue weighted by Crippen LogP contribution is 2.30. The second kappa shape index (κ2) is 5.40. The molecule has 94 valence electrons. The van der Waals surface area contributed by atoms with Crippen molar-refractivity contribution in [3.63, 3.8) is 0 Å². The third kappa shape index (κ3) is 3.13. The van der Waals surface area contributed by atoms with Gasteiger partial charge in [-0.1, -0.05) is 6.07 Å². The SMILES string of the molecule is CC(C)Oc1cccnc1Oc1cccc(O)c1. The number of phenolic OH excluding ortho intramolecular Hbond substituents is 1. The summed E-state index contributed by atoms with van der Waals surface area (Å²) in [6, 6.07) is 10.1. The van der Waals surface area contributed by atoms with Crippen LogP contribution in [0.15, 0.2) is 42.6 Å². The Morgan fingerprint density at radius 3 is 2.72 bits per heavy atom. The smallest absolute Gasteiger partial charge is 0.262 e. The van der Waals surface area contributed by atoms with E-state index >= 15 is 0 Å². The lowest BCUT2D eigenvalue weighted by Gasteiger charge is -2.13. The van der Waals surface area contributed by atoms with Crippen LogP contribution in [0.3, 0.4) is 0 Å². The summed E-state index contributed by atoms with van der Waals surface area (Å²) in [5.41, 5.74) is 0. The molecule has 0 aliphatic rings. The van der Waals surface area contributed by atoms with Gasteiger partial charge in [-0.15, -0.1) is 0 Å².